The van der Waals surface area contributed by atoms with Crippen LogP contribution >= 0.6 is 38.6 Å². The van der Waals surface area contributed by atoms with Gasteiger partial charge >= 0.3 is 0 Å². The third-order valence-corrected chi connectivity index (χ3v) is 5.47. The van der Waals surface area contributed by atoms with Gasteiger partial charge in [0, 0.05) is 12.4 Å². The second-order valence-corrected chi connectivity index (χ2v) is 7.92. The Morgan fingerprint density at radius 2 is 1.39 bits per heavy atom. The summed E-state index contributed by atoms with van der Waals surface area (Å²) >= 11 is 6.83. The van der Waals surface area contributed by atoms with Gasteiger partial charge in [-0.05, 0) is 63.8 Å². The summed E-state index contributed by atoms with van der Waals surface area (Å²) in [6.45, 7) is 0. The highest BCUT2D eigenvalue weighted by Crippen LogP contribution is 2.29. The average Bonchev–Trinajstić information content (AvgIpc) is 3.29. The van der Waals surface area contributed by atoms with Gasteiger partial charge in [-0.15, -0.1) is 22.7 Å². The molecule has 0 aliphatic carbocycles. The lowest BCUT2D eigenvalue weighted by Gasteiger charge is -1.92. The molecule has 0 aliphatic rings. The van der Waals surface area contributed by atoms with Crippen molar-refractivity contribution in [1.29, 1.82) is 0 Å². The zero-order chi connectivity index (χ0) is 15.9. The van der Waals surface area contributed by atoms with E-state index in [2.05, 4.69) is 43.4 Å². The Kier molecular flexibility index (Phi) is 5.69. The van der Waals surface area contributed by atoms with Crippen molar-refractivity contribution >= 4 is 38.6 Å². The smallest absolute Gasteiger partial charge is 0.0802 e. The summed E-state index contributed by atoms with van der Waals surface area (Å²) < 4.78 is 1.14. The normalized spacial score (nSPS) is 9.96. The molecule has 4 heterocycles. The molecule has 2 nitrogen and oxygen atoms in total. The maximum atomic E-state index is 4.25. The van der Waals surface area contributed by atoms with Gasteiger partial charge in [0.15, 0.2) is 0 Å². The molecule has 0 atom stereocenters. The lowest BCUT2D eigenvalue weighted by atomic mass is 10.3. The second-order valence-electron chi connectivity index (χ2n) is 4.51. The average molecular weight is 401 g/mol. The van der Waals surface area contributed by atoms with Gasteiger partial charge in [0.25, 0.3) is 0 Å². The summed E-state index contributed by atoms with van der Waals surface area (Å²) in [5, 5.41) is 2.06. The summed E-state index contributed by atoms with van der Waals surface area (Å²) in [4.78, 5) is 10.9. The van der Waals surface area contributed by atoms with Crippen LogP contribution in [0.3, 0.4) is 0 Å². The van der Waals surface area contributed by atoms with Gasteiger partial charge in [-0.3, -0.25) is 9.97 Å². The van der Waals surface area contributed by atoms with E-state index < -0.39 is 0 Å². The van der Waals surface area contributed by atoms with Crippen LogP contribution in [0.5, 0.6) is 0 Å². The van der Waals surface area contributed by atoms with E-state index in [1.807, 2.05) is 60.9 Å². The minimum atomic E-state index is 1.04. The van der Waals surface area contributed by atoms with Crippen LogP contribution in [-0.4, -0.2) is 9.97 Å². The van der Waals surface area contributed by atoms with Crippen molar-refractivity contribution in [2.45, 2.75) is 0 Å². The third-order valence-electron chi connectivity index (χ3n) is 2.93. The molecule has 4 aromatic heterocycles. The van der Waals surface area contributed by atoms with Crippen LogP contribution in [0, 0.1) is 0 Å². The van der Waals surface area contributed by atoms with E-state index in [-0.39, 0.29) is 0 Å². The first-order valence-corrected chi connectivity index (χ1v) is 9.43. The molecule has 0 fully saturated rings. The molecular formula is C18H13BrN2S2. The molecule has 5 heteroatoms. The molecule has 0 aromatic carbocycles. The highest BCUT2D eigenvalue weighted by Gasteiger charge is 2.00. The predicted molar refractivity (Wildman–Crippen MR) is 103 cm³/mol. The summed E-state index contributed by atoms with van der Waals surface area (Å²) in [5.41, 5.74) is 2.09. The number of hydrogen-bond donors (Lipinski definition) is 0. The number of thiophene rings is 2. The Balaban J connectivity index is 0.000000136. The first kappa shape index (κ1) is 16.1. The number of halogens is 1. The van der Waals surface area contributed by atoms with E-state index in [4.69, 9.17) is 0 Å². The Bertz CT molecular complexity index is 828. The lowest BCUT2D eigenvalue weighted by molar-refractivity contribution is 1.34. The van der Waals surface area contributed by atoms with E-state index in [1.54, 1.807) is 22.7 Å². The van der Waals surface area contributed by atoms with Crippen LogP contribution < -0.4 is 0 Å². The topological polar surface area (TPSA) is 25.8 Å². The third kappa shape index (κ3) is 4.58. The lowest BCUT2D eigenvalue weighted by Crippen LogP contribution is -1.75. The maximum absolute atomic E-state index is 4.25. The SMILES string of the molecule is Brc1ccc(-c2ccccn2)s1.c1ccc(-c2cccs2)nc1. The number of pyridine rings is 2. The van der Waals surface area contributed by atoms with Gasteiger partial charge in [0.05, 0.1) is 24.9 Å². The zero-order valence-corrected chi connectivity index (χ0v) is 15.3. The largest absolute Gasteiger partial charge is 0.255 e. The van der Waals surface area contributed by atoms with E-state index in [9.17, 15) is 0 Å². The molecule has 0 spiro atoms. The molecule has 0 radical (unpaired) electrons. The van der Waals surface area contributed by atoms with Gasteiger partial charge in [-0.1, -0.05) is 18.2 Å². The van der Waals surface area contributed by atoms with Crippen LogP contribution in [0.25, 0.3) is 21.1 Å². The van der Waals surface area contributed by atoms with Crippen LogP contribution in [0.15, 0.2) is 82.2 Å². The minimum absolute atomic E-state index is 1.04. The molecule has 0 aliphatic heterocycles. The second kappa shape index (κ2) is 8.15. The standard InChI is InChI=1S/C9H6BrNS.C9H7NS/c10-9-5-4-8(12-9)7-3-1-2-6-11-7;1-2-6-10-8(4-1)9-5-3-7-11-9/h1-6H;1-7H. The number of rotatable bonds is 2. The Morgan fingerprint density at radius 3 is 1.87 bits per heavy atom. The van der Waals surface area contributed by atoms with Crippen molar-refractivity contribution < 1.29 is 0 Å². The summed E-state index contributed by atoms with van der Waals surface area (Å²) in [6.07, 6.45) is 3.62. The first-order valence-electron chi connectivity index (χ1n) is 6.94. The van der Waals surface area contributed by atoms with Crippen LogP contribution in [0.4, 0.5) is 0 Å². The number of aromatic nitrogens is 2. The molecule has 0 amide bonds. The van der Waals surface area contributed by atoms with Crippen molar-refractivity contribution in [3.05, 3.63) is 82.2 Å². The van der Waals surface area contributed by atoms with Crippen molar-refractivity contribution in [2.24, 2.45) is 0 Å². The van der Waals surface area contributed by atoms with Crippen LogP contribution in [-0.2, 0) is 0 Å². The molecule has 0 bridgehead atoms. The fraction of sp³-hybridized carbons (Fsp3) is 0. The van der Waals surface area contributed by atoms with E-state index in [1.165, 1.54) is 9.75 Å². The quantitative estimate of drug-likeness (QED) is 0.389. The van der Waals surface area contributed by atoms with Crippen molar-refractivity contribution in [3.8, 4) is 21.1 Å². The zero-order valence-electron chi connectivity index (χ0n) is 12.1. The van der Waals surface area contributed by atoms with Gasteiger partial charge in [0.2, 0.25) is 0 Å². The predicted octanol–water partition coefficient (Wildman–Crippen LogP) is 6.38. The van der Waals surface area contributed by atoms with Crippen LogP contribution in [0.1, 0.15) is 0 Å². The van der Waals surface area contributed by atoms with E-state index >= 15 is 0 Å². The Morgan fingerprint density at radius 1 is 0.696 bits per heavy atom. The molecule has 0 N–H and O–H groups in total. The van der Waals surface area contributed by atoms with Crippen molar-refractivity contribution in [2.75, 3.05) is 0 Å². The van der Waals surface area contributed by atoms with Crippen molar-refractivity contribution in [3.63, 3.8) is 0 Å². The molecule has 0 saturated carbocycles. The fourth-order valence-electron chi connectivity index (χ4n) is 1.89. The number of nitrogens with zero attached hydrogens (tertiary/aromatic N) is 2. The molecule has 0 unspecified atom stereocenters. The highest BCUT2D eigenvalue weighted by atomic mass is 79.9. The van der Waals surface area contributed by atoms with Crippen LogP contribution in [0.2, 0.25) is 0 Å². The van der Waals surface area contributed by atoms with Gasteiger partial charge in [-0.2, -0.15) is 0 Å². The minimum Gasteiger partial charge on any atom is -0.255 e. The van der Waals surface area contributed by atoms with Crippen molar-refractivity contribution in [1.82, 2.24) is 9.97 Å². The highest BCUT2D eigenvalue weighted by molar-refractivity contribution is 9.11. The monoisotopic (exact) mass is 400 g/mol. The molecule has 0 saturated heterocycles. The molecular weight excluding hydrogens is 388 g/mol. The van der Waals surface area contributed by atoms with Gasteiger partial charge < -0.3 is 0 Å². The number of hydrogen-bond acceptors (Lipinski definition) is 4. The molecule has 114 valence electrons. The maximum Gasteiger partial charge on any atom is 0.0802 e. The Labute approximate surface area is 151 Å². The molecule has 4 rings (SSSR count). The summed E-state index contributed by atoms with van der Waals surface area (Å²) in [5.74, 6) is 0. The summed E-state index contributed by atoms with van der Waals surface area (Å²) in [7, 11) is 0. The Hall–Kier alpha value is -1.82. The van der Waals surface area contributed by atoms with E-state index in [0.29, 0.717) is 0 Å². The summed E-state index contributed by atoms with van der Waals surface area (Å²) in [6, 6.07) is 20.1. The fourth-order valence-corrected chi connectivity index (χ4v) is 3.96. The first-order chi connectivity index (χ1) is 11.3. The van der Waals surface area contributed by atoms with Gasteiger partial charge in [0.1, 0.15) is 0 Å². The molecule has 4 aromatic rings. The van der Waals surface area contributed by atoms with E-state index in [0.717, 1.165) is 15.2 Å². The molecule has 23 heavy (non-hydrogen) atoms. The van der Waals surface area contributed by atoms with Gasteiger partial charge in [-0.25, -0.2) is 0 Å².